The first-order valence-electron chi connectivity index (χ1n) is 8.80. The number of aliphatic hydroxyl groups is 1. The fourth-order valence-electron chi connectivity index (χ4n) is 2.64. The molecule has 0 aliphatic carbocycles. The Morgan fingerprint density at radius 3 is 2.44 bits per heavy atom. The molecule has 0 aliphatic rings. The molecule has 1 N–H and O–H groups in total. The van der Waals surface area contributed by atoms with Gasteiger partial charge in [-0.3, -0.25) is 4.21 Å². The molecule has 0 saturated carbocycles. The van der Waals surface area contributed by atoms with Gasteiger partial charge in [0.25, 0.3) is 0 Å². The molecule has 0 saturated heterocycles. The average Bonchev–Trinajstić information content (AvgIpc) is 2.59. The van der Waals surface area contributed by atoms with Crippen molar-refractivity contribution in [2.45, 2.75) is 56.1 Å². The van der Waals surface area contributed by atoms with Gasteiger partial charge in [0.05, 0.1) is 28.2 Å². The number of pyridine rings is 1. The second-order valence-electron chi connectivity index (χ2n) is 7.62. The summed E-state index contributed by atoms with van der Waals surface area (Å²) >= 11 is 1.33. The quantitative estimate of drug-likeness (QED) is 0.736. The monoisotopic (exact) mass is 402 g/mol. The number of aliphatic hydroxyl groups excluding tert-OH is 1. The predicted molar refractivity (Wildman–Crippen MR) is 112 cm³/mol. The lowest BCUT2D eigenvalue weighted by Crippen LogP contribution is -2.20. The summed E-state index contributed by atoms with van der Waals surface area (Å²) in [5.74, 6) is 0.505. The van der Waals surface area contributed by atoms with E-state index in [2.05, 4.69) is 31.8 Å². The maximum absolute atomic E-state index is 12.5. The number of aromatic nitrogens is 1. The predicted octanol–water partition coefficient (Wildman–Crippen LogP) is 4.13. The number of aryl methyl sites for hydroxylation is 2. The summed E-state index contributed by atoms with van der Waals surface area (Å²) in [5.41, 5.74) is 3.49. The summed E-state index contributed by atoms with van der Waals surface area (Å²) in [6.07, 6.45) is -0.743. The zero-order chi connectivity index (χ0) is 20.2. The van der Waals surface area contributed by atoms with Crippen LogP contribution in [0.15, 0.2) is 40.3 Å². The summed E-state index contributed by atoms with van der Waals surface area (Å²) in [7, 11) is -1.27. The summed E-state index contributed by atoms with van der Waals surface area (Å²) in [6, 6.07) is 11.8. The Morgan fingerprint density at radius 2 is 1.89 bits per heavy atom. The van der Waals surface area contributed by atoms with Gasteiger partial charge in [-0.15, -0.1) is 11.8 Å². The van der Waals surface area contributed by atoms with Crippen LogP contribution in [0.1, 0.15) is 43.2 Å². The van der Waals surface area contributed by atoms with Gasteiger partial charge in [0, 0.05) is 16.3 Å². The molecule has 1 aromatic heterocycles. The summed E-state index contributed by atoms with van der Waals surface area (Å²) in [6.45, 7) is 10.2. The van der Waals surface area contributed by atoms with Gasteiger partial charge in [-0.1, -0.05) is 32.9 Å². The minimum absolute atomic E-state index is 0.0492. The molecule has 0 spiro atoms. The van der Waals surface area contributed by atoms with E-state index >= 15 is 0 Å². The first-order valence-corrected chi connectivity index (χ1v) is 11.1. The third-order valence-corrected chi connectivity index (χ3v) is 6.77. The van der Waals surface area contributed by atoms with Gasteiger partial charge >= 0.3 is 0 Å². The molecule has 1 heterocycles. The van der Waals surface area contributed by atoms with Crippen LogP contribution in [0.2, 0.25) is 0 Å². The van der Waals surface area contributed by atoms with Crippen LogP contribution in [0, 0.1) is 25.2 Å². The second-order valence-corrected chi connectivity index (χ2v) is 10.1. The molecule has 1 aromatic carbocycles. The molecule has 0 fully saturated rings. The Kier molecular flexibility index (Phi) is 7.21. The van der Waals surface area contributed by atoms with Crippen molar-refractivity contribution in [1.29, 1.82) is 5.26 Å². The lowest BCUT2D eigenvalue weighted by Gasteiger charge is -2.19. The molecule has 2 rings (SSSR count). The third kappa shape index (κ3) is 5.90. The van der Waals surface area contributed by atoms with Crippen molar-refractivity contribution < 1.29 is 9.32 Å². The van der Waals surface area contributed by atoms with Crippen LogP contribution in [0.5, 0.6) is 0 Å². The SMILES string of the molecule is Cc1cc(C)c(C#N)c(SC[C@H](O)C[S@](=O)c2ccc(C(C)(C)C)cc2)n1. The molecule has 0 radical (unpaired) electrons. The molecule has 144 valence electrons. The highest BCUT2D eigenvalue weighted by Gasteiger charge is 2.17. The normalized spacial score (nSPS) is 13.8. The van der Waals surface area contributed by atoms with Gasteiger partial charge in [-0.25, -0.2) is 4.98 Å². The number of rotatable bonds is 6. The van der Waals surface area contributed by atoms with Crippen LogP contribution >= 0.6 is 11.8 Å². The molecular weight excluding hydrogens is 376 g/mol. The summed E-state index contributed by atoms with van der Waals surface area (Å²) in [5, 5.41) is 20.2. The van der Waals surface area contributed by atoms with Crippen molar-refractivity contribution in [1.82, 2.24) is 4.98 Å². The van der Waals surface area contributed by atoms with Gasteiger partial charge in [0.2, 0.25) is 0 Å². The maximum Gasteiger partial charge on any atom is 0.114 e. The van der Waals surface area contributed by atoms with Gasteiger partial charge in [-0.2, -0.15) is 5.26 Å². The van der Waals surface area contributed by atoms with Gasteiger partial charge < -0.3 is 5.11 Å². The molecule has 0 bridgehead atoms. The van der Waals surface area contributed by atoms with Crippen molar-refractivity contribution in [2.24, 2.45) is 0 Å². The Bertz CT molecular complexity index is 865. The molecule has 0 aliphatic heterocycles. The van der Waals surface area contributed by atoms with Crippen LogP contribution in [0.25, 0.3) is 0 Å². The van der Waals surface area contributed by atoms with Crippen LogP contribution in [0.3, 0.4) is 0 Å². The first-order chi connectivity index (χ1) is 12.6. The van der Waals surface area contributed by atoms with E-state index in [-0.39, 0.29) is 11.2 Å². The minimum atomic E-state index is -1.27. The van der Waals surface area contributed by atoms with E-state index < -0.39 is 16.9 Å². The zero-order valence-electron chi connectivity index (χ0n) is 16.4. The molecule has 6 heteroatoms. The van der Waals surface area contributed by atoms with E-state index in [1.54, 1.807) is 0 Å². The Balaban J connectivity index is 1.99. The Hall–Kier alpha value is -1.68. The van der Waals surface area contributed by atoms with E-state index in [0.29, 0.717) is 21.2 Å². The molecular formula is C21H26N2O2S2. The molecule has 2 atom stereocenters. The molecule has 4 nitrogen and oxygen atoms in total. The lowest BCUT2D eigenvalue weighted by molar-refractivity contribution is 0.224. The van der Waals surface area contributed by atoms with E-state index in [4.69, 9.17) is 0 Å². The lowest BCUT2D eigenvalue weighted by atomic mass is 9.87. The highest BCUT2D eigenvalue weighted by Crippen LogP contribution is 2.25. The standard InChI is InChI=1S/C21H26N2O2S2/c1-14-10-15(2)23-20(19(14)11-22)26-12-17(24)13-27(25)18-8-6-16(7-9-18)21(3,4)5/h6-10,17,24H,12-13H2,1-5H3/t17-,27-/m0/s1. The highest BCUT2D eigenvalue weighted by atomic mass is 32.2. The van der Waals surface area contributed by atoms with Crippen LogP contribution in [-0.4, -0.2) is 31.9 Å². The molecule has 0 unspecified atom stereocenters. The van der Waals surface area contributed by atoms with E-state index in [1.165, 1.54) is 17.3 Å². The summed E-state index contributed by atoms with van der Waals surface area (Å²) in [4.78, 5) is 5.12. The van der Waals surface area contributed by atoms with Gasteiger partial charge in [-0.05, 0) is 48.6 Å². The second kappa shape index (κ2) is 9.01. The van der Waals surface area contributed by atoms with Crippen molar-refractivity contribution in [3.05, 3.63) is 52.7 Å². The van der Waals surface area contributed by atoms with E-state index in [1.807, 2.05) is 44.2 Å². The topological polar surface area (TPSA) is 74.0 Å². The first kappa shape index (κ1) is 21.6. The fourth-order valence-corrected chi connectivity index (χ4v) is 4.92. The molecule has 0 amide bonds. The van der Waals surface area contributed by atoms with E-state index in [0.717, 1.165) is 11.3 Å². The maximum atomic E-state index is 12.5. The number of thioether (sulfide) groups is 1. The number of benzene rings is 1. The van der Waals surface area contributed by atoms with Crippen molar-refractivity contribution >= 4 is 22.6 Å². The number of hydrogen-bond acceptors (Lipinski definition) is 5. The largest absolute Gasteiger partial charge is 0.391 e. The van der Waals surface area contributed by atoms with Crippen molar-refractivity contribution in [3.63, 3.8) is 0 Å². The Labute approximate surface area is 168 Å². The van der Waals surface area contributed by atoms with Crippen LogP contribution in [0.4, 0.5) is 0 Å². The minimum Gasteiger partial charge on any atom is -0.391 e. The number of nitrogens with zero attached hydrogens (tertiary/aromatic N) is 2. The van der Waals surface area contributed by atoms with Gasteiger partial charge in [0.15, 0.2) is 0 Å². The fraction of sp³-hybridized carbons (Fsp3) is 0.429. The van der Waals surface area contributed by atoms with Crippen LogP contribution in [-0.2, 0) is 16.2 Å². The van der Waals surface area contributed by atoms with Crippen LogP contribution < -0.4 is 0 Å². The average molecular weight is 403 g/mol. The molecule has 2 aromatic rings. The number of nitriles is 1. The zero-order valence-corrected chi connectivity index (χ0v) is 18.1. The highest BCUT2D eigenvalue weighted by molar-refractivity contribution is 7.99. The van der Waals surface area contributed by atoms with E-state index in [9.17, 15) is 14.6 Å². The van der Waals surface area contributed by atoms with Gasteiger partial charge in [0.1, 0.15) is 11.1 Å². The van der Waals surface area contributed by atoms with Crippen molar-refractivity contribution in [2.75, 3.05) is 11.5 Å². The smallest absolute Gasteiger partial charge is 0.114 e. The summed E-state index contributed by atoms with van der Waals surface area (Å²) < 4.78 is 12.5. The van der Waals surface area contributed by atoms with Crippen molar-refractivity contribution in [3.8, 4) is 6.07 Å². The Morgan fingerprint density at radius 1 is 1.26 bits per heavy atom. The third-order valence-electron chi connectivity index (χ3n) is 4.16. The number of hydrogen-bond donors (Lipinski definition) is 1. The molecule has 27 heavy (non-hydrogen) atoms.